The predicted molar refractivity (Wildman–Crippen MR) is 42.9 cm³/mol. The summed E-state index contributed by atoms with van der Waals surface area (Å²) in [6, 6.07) is 0. The number of allylic oxidation sites excluding steroid dienone is 3. The van der Waals surface area contributed by atoms with E-state index in [-0.39, 0.29) is 6.10 Å². The molecule has 2 bridgehead atoms. The molecule has 0 radical (unpaired) electrons. The lowest BCUT2D eigenvalue weighted by Crippen LogP contribution is -2.23. The molecule has 1 fully saturated rings. The van der Waals surface area contributed by atoms with Crippen LogP contribution in [-0.4, -0.2) is 11.2 Å². The van der Waals surface area contributed by atoms with E-state index < -0.39 is 0 Å². The van der Waals surface area contributed by atoms with Crippen molar-refractivity contribution in [2.24, 2.45) is 23.7 Å². The van der Waals surface area contributed by atoms with Crippen molar-refractivity contribution in [1.29, 1.82) is 0 Å². The first kappa shape index (κ1) is 6.01. The SMILES string of the molecule is O[C@H]1C=C[C@H]2[C@H]1[C@H]1C=C[C@@H]2C1. The fourth-order valence-electron chi connectivity index (χ4n) is 3.02. The van der Waals surface area contributed by atoms with Gasteiger partial charge in [0, 0.05) is 5.92 Å². The Labute approximate surface area is 66.4 Å². The van der Waals surface area contributed by atoms with Gasteiger partial charge in [0.1, 0.15) is 0 Å². The van der Waals surface area contributed by atoms with Crippen LogP contribution in [0.3, 0.4) is 0 Å². The standard InChI is InChI=1S/C10H12O/c11-9-4-3-8-6-1-2-7(5-6)10(8)9/h1-4,6-11H,5H2/t6-,7+,8-,9+,10-/m1/s1. The summed E-state index contributed by atoms with van der Waals surface area (Å²) < 4.78 is 0. The van der Waals surface area contributed by atoms with E-state index in [1.54, 1.807) is 0 Å². The smallest absolute Gasteiger partial charge is 0.0760 e. The van der Waals surface area contributed by atoms with E-state index in [9.17, 15) is 5.11 Å². The molecule has 3 aliphatic rings. The Hall–Kier alpha value is -0.560. The minimum atomic E-state index is -0.153. The molecule has 1 nitrogen and oxygen atoms in total. The third-order valence-electron chi connectivity index (χ3n) is 3.51. The van der Waals surface area contributed by atoms with Crippen LogP contribution in [0.5, 0.6) is 0 Å². The largest absolute Gasteiger partial charge is 0.389 e. The molecule has 0 unspecified atom stereocenters. The van der Waals surface area contributed by atoms with Gasteiger partial charge in [-0.2, -0.15) is 0 Å². The molecule has 1 heteroatoms. The monoisotopic (exact) mass is 148 g/mol. The molecule has 0 amide bonds. The van der Waals surface area contributed by atoms with Gasteiger partial charge in [-0.1, -0.05) is 24.3 Å². The van der Waals surface area contributed by atoms with Crippen LogP contribution in [0.1, 0.15) is 6.42 Å². The van der Waals surface area contributed by atoms with E-state index in [2.05, 4.69) is 18.2 Å². The predicted octanol–water partition coefficient (Wildman–Crippen LogP) is 1.36. The van der Waals surface area contributed by atoms with Gasteiger partial charge in [-0.25, -0.2) is 0 Å². The molecule has 3 rings (SSSR count). The Morgan fingerprint density at radius 3 is 2.64 bits per heavy atom. The minimum Gasteiger partial charge on any atom is -0.389 e. The maximum absolute atomic E-state index is 9.60. The Morgan fingerprint density at radius 2 is 1.82 bits per heavy atom. The summed E-state index contributed by atoms with van der Waals surface area (Å²) >= 11 is 0. The van der Waals surface area contributed by atoms with E-state index >= 15 is 0 Å². The average Bonchev–Trinajstić information content (AvgIpc) is 2.60. The van der Waals surface area contributed by atoms with Crippen molar-refractivity contribution in [3.63, 3.8) is 0 Å². The van der Waals surface area contributed by atoms with Crippen LogP contribution < -0.4 is 0 Å². The molecule has 0 aromatic heterocycles. The van der Waals surface area contributed by atoms with Gasteiger partial charge in [-0.05, 0) is 24.2 Å². The van der Waals surface area contributed by atoms with Crippen molar-refractivity contribution in [2.45, 2.75) is 12.5 Å². The highest BCUT2D eigenvalue weighted by atomic mass is 16.3. The average molecular weight is 148 g/mol. The Bertz CT molecular complexity index is 241. The first-order chi connectivity index (χ1) is 5.36. The zero-order valence-electron chi connectivity index (χ0n) is 6.35. The zero-order valence-corrected chi connectivity index (χ0v) is 6.35. The maximum atomic E-state index is 9.60. The number of fused-ring (bicyclic) bond motifs is 5. The molecule has 0 spiro atoms. The number of rotatable bonds is 0. The summed E-state index contributed by atoms with van der Waals surface area (Å²) in [6.45, 7) is 0. The molecule has 0 aromatic carbocycles. The summed E-state index contributed by atoms with van der Waals surface area (Å²) in [5.41, 5.74) is 0. The van der Waals surface area contributed by atoms with E-state index in [1.807, 2.05) is 6.08 Å². The molecule has 0 aromatic rings. The quantitative estimate of drug-likeness (QED) is 0.514. The fraction of sp³-hybridized carbons (Fsp3) is 0.600. The van der Waals surface area contributed by atoms with Crippen LogP contribution in [0.4, 0.5) is 0 Å². The topological polar surface area (TPSA) is 20.2 Å². The summed E-state index contributed by atoms with van der Waals surface area (Å²) in [4.78, 5) is 0. The third-order valence-corrected chi connectivity index (χ3v) is 3.51. The molecular formula is C10H12O. The Morgan fingerprint density at radius 1 is 1.00 bits per heavy atom. The Balaban J connectivity index is 2.02. The number of aliphatic hydroxyl groups is 1. The number of hydrogen-bond donors (Lipinski definition) is 1. The summed E-state index contributed by atoms with van der Waals surface area (Å²) in [5.74, 6) is 2.62. The molecule has 1 N–H and O–H groups in total. The van der Waals surface area contributed by atoms with Crippen LogP contribution in [0.2, 0.25) is 0 Å². The van der Waals surface area contributed by atoms with Crippen LogP contribution in [0, 0.1) is 23.7 Å². The summed E-state index contributed by atoms with van der Waals surface area (Å²) in [5, 5.41) is 9.60. The van der Waals surface area contributed by atoms with Crippen molar-refractivity contribution < 1.29 is 5.11 Å². The fourth-order valence-corrected chi connectivity index (χ4v) is 3.02. The van der Waals surface area contributed by atoms with Gasteiger partial charge in [-0.15, -0.1) is 0 Å². The van der Waals surface area contributed by atoms with Crippen molar-refractivity contribution >= 4 is 0 Å². The second-order valence-corrected chi connectivity index (χ2v) is 3.98. The first-order valence-corrected chi connectivity index (χ1v) is 4.41. The summed E-state index contributed by atoms with van der Waals surface area (Å²) in [7, 11) is 0. The highest BCUT2D eigenvalue weighted by Gasteiger charge is 2.48. The van der Waals surface area contributed by atoms with Gasteiger partial charge in [0.05, 0.1) is 6.10 Å². The van der Waals surface area contributed by atoms with Crippen LogP contribution in [0.15, 0.2) is 24.3 Å². The molecular weight excluding hydrogens is 136 g/mol. The number of aliphatic hydroxyl groups excluding tert-OH is 1. The van der Waals surface area contributed by atoms with E-state index in [0.29, 0.717) is 17.8 Å². The van der Waals surface area contributed by atoms with Gasteiger partial charge in [-0.3, -0.25) is 0 Å². The highest BCUT2D eigenvalue weighted by Crippen LogP contribution is 2.52. The lowest BCUT2D eigenvalue weighted by molar-refractivity contribution is 0.132. The van der Waals surface area contributed by atoms with Crippen LogP contribution in [-0.2, 0) is 0 Å². The molecule has 1 saturated carbocycles. The van der Waals surface area contributed by atoms with Gasteiger partial charge in [0.25, 0.3) is 0 Å². The number of hydrogen-bond acceptors (Lipinski definition) is 1. The molecule has 58 valence electrons. The van der Waals surface area contributed by atoms with E-state index in [4.69, 9.17) is 0 Å². The van der Waals surface area contributed by atoms with Crippen molar-refractivity contribution in [1.82, 2.24) is 0 Å². The van der Waals surface area contributed by atoms with Crippen molar-refractivity contribution in [2.75, 3.05) is 0 Å². The molecule has 11 heavy (non-hydrogen) atoms. The van der Waals surface area contributed by atoms with Gasteiger partial charge in [0.15, 0.2) is 0 Å². The normalized spacial score (nSPS) is 57.4. The van der Waals surface area contributed by atoms with Gasteiger partial charge in [0.2, 0.25) is 0 Å². The zero-order chi connectivity index (χ0) is 7.42. The molecule has 0 saturated heterocycles. The lowest BCUT2D eigenvalue weighted by Gasteiger charge is -2.22. The molecule has 5 atom stereocenters. The first-order valence-electron chi connectivity index (χ1n) is 4.41. The van der Waals surface area contributed by atoms with Crippen LogP contribution >= 0.6 is 0 Å². The van der Waals surface area contributed by atoms with Crippen LogP contribution in [0.25, 0.3) is 0 Å². The minimum absolute atomic E-state index is 0.153. The highest BCUT2D eigenvalue weighted by molar-refractivity contribution is 5.24. The maximum Gasteiger partial charge on any atom is 0.0760 e. The van der Waals surface area contributed by atoms with E-state index in [0.717, 1.165) is 5.92 Å². The van der Waals surface area contributed by atoms with Crippen molar-refractivity contribution in [3.05, 3.63) is 24.3 Å². The van der Waals surface area contributed by atoms with Gasteiger partial charge >= 0.3 is 0 Å². The third kappa shape index (κ3) is 0.603. The van der Waals surface area contributed by atoms with Crippen molar-refractivity contribution in [3.8, 4) is 0 Å². The van der Waals surface area contributed by atoms with E-state index in [1.165, 1.54) is 6.42 Å². The summed E-state index contributed by atoms with van der Waals surface area (Å²) in [6.07, 6.45) is 9.94. The Kier molecular flexibility index (Phi) is 0.972. The molecule has 3 aliphatic carbocycles. The second kappa shape index (κ2) is 1.78. The van der Waals surface area contributed by atoms with Gasteiger partial charge < -0.3 is 5.11 Å². The molecule has 0 aliphatic heterocycles. The second-order valence-electron chi connectivity index (χ2n) is 3.98. The molecule has 0 heterocycles. The lowest BCUT2D eigenvalue weighted by atomic mass is 9.84.